The molecule has 108 valence electrons. The van der Waals surface area contributed by atoms with Crippen LogP contribution in [0.1, 0.15) is 58.1 Å². The summed E-state index contributed by atoms with van der Waals surface area (Å²) in [5.41, 5.74) is 1.22. The third-order valence-electron chi connectivity index (χ3n) is 3.72. The summed E-state index contributed by atoms with van der Waals surface area (Å²) in [6.07, 6.45) is 4.76. The first-order chi connectivity index (χ1) is 9.13. The van der Waals surface area contributed by atoms with Crippen molar-refractivity contribution in [2.75, 3.05) is 6.54 Å². The molecule has 1 unspecified atom stereocenters. The summed E-state index contributed by atoms with van der Waals surface area (Å²) in [4.78, 5) is 0. The van der Waals surface area contributed by atoms with Crippen LogP contribution in [0.3, 0.4) is 0 Å². The Morgan fingerprint density at radius 2 is 1.89 bits per heavy atom. The fourth-order valence-corrected chi connectivity index (χ4v) is 3.02. The summed E-state index contributed by atoms with van der Waals surface area (Å²) >= 11 is 9.97. The van der Waals surface area contributed by atoms with Gasteiger partial charge in [-0.15, -0.1) is 0 Å². The van der Waals surface area contributed by atoms with E-state index in [1.54, 1.807) is 0 Å². The van der Waals surface area contributed by atoms with E-state index in [0.29, 0.717) is 6.04 Å². The van der Waals surface area contributed by atoms with Gasteiger partial charge in [0.2, 0.25) is 0 Å². The van der Waals surface area contributed by atoms with Crippen LogP contribution in [0.5, 0.6) is 0 Å². The highest BCUT2D eigenvalue weighted by Crippen LogP contribution is 2.34. The molecule has 0 aromatic heterocycles. The van der Waals surface area contributed by atoms with E-state index in [-0.39, 0.29) is 0 Å². The van der Waals surface area contributed by atoms with Crippen LogP contribution in [-0.4, -0.2) is 6.54 Å². The Balaban J connectivity index is 2.91. The summed E-state index contributed by atoms with van der Waals surface area (Å²) in [7, 11) is 0. The molecule has 0 aliphatic heterocycles. The molecule has 0 fully saturated rings. The Bertz CT molecular complexity index is 377. The molecule has 0 aliphatic rings. The zero-order valence-electron chi connectivity index (χ0n) is 12.2. The smallest absolute Gasteiger partial charge is 0.0595 e. The molecule has 19 heavy (non-hydrogen) atoms. The van der Waals surface area contributed by atoms with Crippen molar-refractivity contribution in [2.45, 2.75) is 52.5 Å². The number of hydrogen-bond donors (Lipinski definition) is 1. The van der Waals surface area contributed by atoms with Gasteiger partial charge in [-0.25, -0.2) is 0 Å². The van der Waals surface area contributed by atoms with Crippen LogP contribution in [0.2, 0.25) is 5.02 Å². The molecule has 0 saturated carbocycles. The third-order valence-corrected chi connectivity index (χ3v) is 5.03. The molecule has 1 atom stereocenters. The lowest BCUT2D eigenvalue weighted by atomic mass is 9.91. The monoisotopic (exact) mass is 345 g/mol. The van der Waals surface area contributed by atoms with Crippen molar-refractivity contribution in [1.82, 2.24) is 5.32 Å². The van der Waals surface area contributed by atoms with Gasteiger partial charge in [0.1, 0.15) is 0 Å². The van der Waals surface area contributed by atoms with Crippen LogP contribution < -0.4 is 5.32 Å². The predicted octanol–water partition coefficient (Wildman–Crippen LogP) is 5.97. The average molecular weight is 347 g/mol. The van der Waals surface area contributed by atoms with E-state index < -0.39 is 0 Å². The fraction of sp³-hybridized carbons (Fsp3) is 0.625. The van der Waals surface area contributed by atoms with Crippen LogP contribution in [-0.2, 0) is 0 Å². The Labute approximate surface area is 131 Å². The lowest BCUT2D eigenvalue weighted by Crippen LogP contribution is -2.24. The minimum absolute atomic E-state index is 0.356. The lowest BCUT2D eigenvalue weighted by Gasteiger charge is -2.24. The van der Waals surface area contributed by atoms with Crippen molar-refractivity contribution in [3.63, 3.8) is 0 Å². The standard InChI is InChI=1S/C16H25BrClN/c1-4-10-19-15(11-12(5-2)6-3)13-8-7-9-14(17)16(13)18/h7-9,12,15,19H,4-6,10-11H2,1-3H3. The quantitative estimate of drug-likeness (QED) is 0.611. The van der Waals surface area contributed by atoms with Gasteiger partial charge in [-0.1, -0.05) is 57.3 Å². The molecule has 0 saturated heterocycles. The zero-order chi connectivity index (χ0) is 14.3. The van der Waals surface area contributed by atoms with Gasteiger partial charge in [0.05, 0.1) is 5.02 Å². The van der Waals surface area contributed by atoms with E-state index in [9.17, 15) is 0 Å². The zero-order valence-corrected chi connectivity index (χ0v) is 14.5. The first kappa shape index (κ1) is 17.0. The summed E-state index contributed by atoms with van der Waals surface area (Å²) in [6, 6.07) is 6.57. The summed E-state index contributed by atoms with van der Waals surface area (Å²) < 4.78 is 0.986. The van der Waals surface area contributed by atoms with Crippen LogP contribution in [0.15, 0.2) is 22.7 Å². The number of rotatable bonds is 8. The second kappa shape index (κ2) is 8.99. The highest BCUT2D eigenvalue weighted by molar-refractivity contribution is 9.10. The van der Waals surface area contributed by atoms with Gasteiger partial charge in [0.15, 0.2) is 0 Å². The van der Waals surface area contributed by atoms with E-state index in [2.05, 4.69) is 54.2 Å². The maximum Gasteiger partial charge on any atom is 0.0595 e. The summed E-state index contributed by atoms with van der Waals surface area (Å²) in [5.74, 6) is 0.754. The molecule has 0 spiro atoms. The van der Waals surface area contributed by atoms with Gasteiger partial charge in [0.25, 0.3) is 0 Å². The SMILES string of the molecule is CCCNC(CC(CC)CC)c1cccc(Br)c1Cl. The largest absolute Gasteiger partial charge is 0.310 e. The molecule has 3 heteroatoms. The van der Waals surface area contributed by atoms with E-state index in [1.807, 2.05) is 6.07 Å². The predicted molar refractivity (Wildman–Crippen MR) is 88.9 cm³/mol. The minimum atomic E-state index is 0.356. The Morgan fingerprint density at radius 3 is 2.47 bits per heavy atom. The van der Waals surface area contributed by atoms with Crippen molar-refractivity contribution in [1.29, 1.82) is 0 Å². The van der Waals surface area contributed by atoms with E-state index in [0.717, 1.165) is 34.8 Å². The first-order valence-corrected chi connectivity index (χ1v) is 8.48. The Morgan fingerprint density at radius 1 is 1.21 bits per heavy atom. The summed E-state index contributed by atoms with van der Waals surface area (Å²) in [6.45, 7) is 7.78. The number of halogens is 2. The van der Waals surface area contributed by atoms with Gasteiger partial charge in [-0.3, -0.25) is 0 Å². The van der Waals surface area contributed by atoms with Crippen LogP contribution in [0.4, 0.5) is 0 Å². The van der Waals surface area contributed by atoms with Crippen LogP contribution >= 0.6 is 27.5 Å². The van der Waals surface area contributed by atoms with Crippen molar-refractivity contribution in [2.24, 2.45) is 5.92 Å². The second-order valence-corrected chi connectivity index (χ2v) is 6.30. The number of benzene rings is 1. The molecular formula is C16H25BrClN. The highest BCUT2D eigenvalue weighted by Gasteiger charge is 2.18. The van der Waals surface area contributed by atoms with Crippen molar-refractivity contribution in [3.8, 4) is 0 Å². The Kier molecular flexibility index (Phi) is 8.05. The molecule has 0 bridgehead atoms. The molecule has 0 amide bonds. The van der Waals surface area contributed by atoms with Gasteiger partial charge < -0.3 is 5.32 Å². The molecule has 1 aromatic carbocycles. The van der Waals surface area contributed by atoms with E-state index >= 15 is 0 Å². The van der Waals surface area contributed by atoms with Crippen molar-refractivity contribution in [3.05, 3.63) is 33.3 Å². The maximum absolute atomic E-state index is 6.45. The van der Waals surface area contributed by atoms with Gasteiger partial charge in [-0.2, -0.15) is 0 Å². The topological polar surface area (TPSA) is 12.0 Å². The van der Waals surface area contributed by atoms with Crippen molar-refractivity contribution < 1.29 is 0 Å². The molecule has 1 N–H and O–H groups in total. The van der Waals surface area contributed by atoms with Crippen LogP contribution in [0, 0.1) is 5.92 Å². The number of hydrogen-bond acceptors (Lipinski definition) is 1. The average Bonchev–Trinajstić information content (AvgIpc) is 2.43. The lowest BCUT2D eigenvalue weighted by molar-refractivity contribution is 0.371. The molecule has 1 rings (SSSR count). The maximum atomic E-state index is 6.45. The normalized spacial score (nSPS) is 12.9. The Hall–Kier alpha value is -0.0500. The molecule has 1 nitrogen and oxygen atoms in total. The minimum Gasteiger partial charge on any atom is -0.310 e. The third kappa shape index (κ3) is 5.09. The van der Waals surface area contributed by atoms with Crippen LogP contribution in [0.25, 0.3) is 0 Å². The fourth-order valence-electron chi connectivity index (χ4n) is 2.38. The van der Waals surface area contributed by atoms with Gasteiger partial charge in [-0.05, 0) is 52.9 Å². The second-order valence-electron chi connectivity index (χ2n) is 5.07. The number of nitrogens with one attached hydrogen (secondary N) is 1. The van der Waals surface area contributed by atoms with Gasteiger partial charge in [0, 0.05) is 10.5 Å². The molecular weight excluding hydrogens is 322 g/mol. The van der Waals surface area contributed by atoms with E-state index in [1.165, 1.54) is 18.4 Å². The van der Waals surface area contributed by atoms with Gasteiger partial charge >= 0.3 is 0 Å². The molecule has 1 aromatic rings. The highest BCUT2D eigenvalue weighted by atomic mass is 79.9. The molecule has 0 heterocycles. The van der Waals surface area contributed by atoms with E-state index in [4.69, 9.17) is 11.6 Å². The molecule has 0 aliphatic carbocycles. The summed E-state index contributed by atoms with van der Waals surface area (Å²) in [5, 5.41) is 4.50. The first-order valence-electron chi connectivity index (χ1n) is 7.31. The molecule has 0 radical (unpaired) electrons. The van der Waals surface area contributed by atoms with Crippen molar-refractivity contribution >= 4 is 27.5 Å².